The number of aromatic nitrogens is 2. The van der Waals surface area contributed by atoms with Gasteiger partial charge < -0.3 is 9.13 Å². The highest BCUT2D eigenvalue weighted by atomic mass is 15.0. The van der Waals surface area contributed by atoms with Gasteiger partial charge in [-0.2, -0.15) is 0 Å². The van der Waals surface area contributed by atoms with Gasteiger partial charge in [0.2, 0.25) is 0 Å². The van der Waals surface area contributed by atoms with Crippen LogP contribution in [-0.4, -0.2) is 9.13 Å². The Morgan fingerprint density at radius 2 is 0.815 bits per heavy atom. The number of hydrogen-bond donors (Lipinski definition) is 0. The van der Waals surface area contributed by atoms with Crippen LogP contribution in [0, 0.1) is 0 Å². The third-order valence-corrected chi connectivity index (χ3v) is 11.1. The molecule has 0 spiro atoms. The van der Waals surface area contributed by atoms with Crippen LogP contribution in [0.5, 0.6) is 0 Å². The molecule has 252 valence electrons. The summed E-state index contributed by atoms with van der Waals surface area (Å²) in [5, 5.41) is 8.77. The lowest BCUT2D eigenvalue weighted by Crippen LogP contribution is -1.96. The Morgan fingerprint density at radius 3 is 1.48 bits per heavy atom. The molecule has 54 heavy (non-hydrogen) atoms. The molecule has 11 rings (SSSR count). The molecule has 11 aromatic rings. The van der Waals surface area contributed by atoms with Crippen molar-refractivity contribution in [2.45, 2.75) is 0 Å². The van der Waals surface area contributed by atoms with Crippen molar-refractivity contribution in [1.29, 1.82) is 0 Å². The van der Waals surface area contributed by atoms with Gasteiger partial charge in [0.25, 0.3) is 0 Å². The summed E-state index contributed by atoms with van der Waals surface area (Å²) in [5.74, 6) is 0. The van der Waals surface area contributed by atoms with E-state index < -0.39 is 0 Å². The molecule has 0 unspecified atom stereocenters. The molecule has 2 nitrogen and oxygen atoms in total. The van der Waals surface area contributed by atoms with E-state index >= 15 is 0 Å². The maximum atomic E-state index is 2.47. The van der Waals surface area contributed by atoms with E-state index in [-0.39, 0.29) is 0 Å². The van der Waals surface area contributed by atoms with Gasteiger partial charge in [0.1, 0.15) is 0 Å². The molecule has 2 aromatic heterocycles. The van der Waals surface area contributed by atoms with Gasteiger partial charge in [-0.15, -0.1) is 0 Å². The average Bonchev–Trinajstić information content (AvgIpc) is 3.83. The standard InChI is InChI=1S/C52H34N2/c1-3-14-35(15-4-1)36-26-28-39(29-27-36)53-33-32-47-48(53)31-30-46-41-20-11-12-25-49(41)54(52(46)47)40-19-13-18-38(34-40)51-44-23-9-7-21-42(44)50(37-16-5-2-6-17-37)43-22-8-10-24-45(43)51/h1-34H. The first kappa shape index (κ1) is 30.5. The maximum Gasteiger partial charge on any atom is 0.0635 e. The lowest BCUT2D eigenvalue weighted by Gasteiger charge is -2.18. The van der Waals surface area contributed by atoms with Crippen LogP contribution in [0.2, 0.25) is 0 Å². The molecule has 2 heteroatoms. The van der Waals surface area contributed by atoms with E-state index in [4.69, 9.17) is 0 Å². The normalized spacial score (nSPS) is 11.7. The molecule has 0 atom stereocenters. The molecule has 0 fully saturated rings. The fraction of sp³-hybridized carbons (Fsp3) is 0. The minimum atomic E-state index is 1.14. The SMILES string of the molecule is c1ccc(-c2ccc(-n3ccc4c3ccc3c5ccccc5n(-c5cccc(-c6c7ccccc7c(-c7ccccc7)c7ccccc67)c5)c34)cc2)cc1. The van der Waals surface area contributed by atoms with Crippen molar-refractivity contribution in [1.82, 2.24) is 9.13 Å². The first-order valence-electron chi connectivity index (χ1n) is 18.6. The Bertz CT molecular complexity index is 3130. The minimum Gasteiger partial charge on any atom is -0.316 e. The van der Waals surface area contributed by atoms with Gasteiger partial charge in [0.05, 0.1) is 16.6 Å². The van der Waals surface area contributed by atoms with E-state index in [2.05, 4.69) is 216 Å². The van der Waals surface area contributed by atoms with Crippen molar-refractivity contribution in [2.75, 3.05) is 0 Å². The summed E-state index contributed by atoms with van der Waals surface area (Å²) in [7, 11) is 0. The van der Waals surface area contributed by atoms with Crippen molar-refractivity contribution in [3.05, 3.63) is 206 Å². The predicted octanol–water partition coefficient (Wildman–Crippen LogP) is 14.0. The Hall–Kier alpha value is -7.16. The molecule has 0 radical (unpaired) electrons. The maximum absolute atomic E-state index is 2.47. The summed E-state index contributed by atoms with van der Waals surface area (Å²) in [6.45, 7) is 0. The van der Waals surface area contributed by atoms with Gasteiger partial charge in [-0.1, -0.05) is 158 Å². The number of para-hydroxylation sites is 1. The van der Waals surface area contributed by atoms with E-state index in [0.717, 1.165) is 11.4 Å². The Kier molecular flexibility index (Phi) is 6.90. The van der Waals surface area contributed by atoms with Crippen molar-refractivity contribution in [3.63, 3.8) is 0 Å². The molecule has 0 bridgehead atoms. The van der Waals surface area contributed by atoms with Crippen molar-refractivity contribution >= 4 is 54.3 Å². The molecule has 9 aromatic carbocycles. The average molecular weight is 687 g/mol. The van der Waals surface area contributed by atoms with Crippen LogP contribution in [0.1, 0.15) is 0 Å². The van der Waals surface area contributed by atoms with E-state index in [1.807, 2.05) is 0 Å². The van der Waals surface area contributed by atoms with Gasteiger partial charge in [0, 0.05) is 33.7 Å². The molecule has 2 heterocycles. The number of rotatable bonds is 5. The van der Waals surface area contributed by atoms with Crippen LogP contribution in [-0.2, 0) is 0 Å². The summed E-state index contributed by atoms with van der Waals surface area (Å²) < 4.78 is 4.79. The Balaban J connectivity index is 1.13. The Labute approximate surface area is 313 Å². The number of nitrogens with zero attached hydrogens (tertiary/aromatic N) is 2. The molecule has 0 aliphatic carbocycles. The monoisotopic (exact) mass is 686 g/mol. The molecular formula is C52H34N2. The summed E-state index contributed by atoms with van der Waals surface area (Å²) >= 11 is 0. The lowest BCUT2D eigenvalue weighted by atomic mass is 9.86. The molecular weight excluding hydrogens is 653 g/mol. The van der Waals surface area contributed by atoms with E-state index in [0.29, 0.717) is 0 Å². The first-order valence-corrected chi connectivity index (χ1v) is 18.6. The van der Waals surface area contributed by atoms with Gasteiger partial charge >= 0.3 is 0 Å². The second kappa shape index (κ2) is 12.2. The van der Waals surface area contributed by atoms with Gasteiger partial charge in [-0.05, 0) is 97.4 Å². The van der Waals surface area contributed by atoms with Gasteiger partial charge in [0.15, 0.2) is 0 Å². The van der Waals surface area contributed by atoms with E-state index in [1.54, 1.807) is 0 Å². The highest BCUT2D eigenvalue weighted by Gasteiger charge is 2.20. The van der Waals surface area contributed by atoms with Gasteiger partial charge in [-0.25, -0.2) is 0 Å². The minimum absolute atomic E-state index is 1.14. The molecule has 0 amide bonds. The zero-order valence-corrected chi connectivity index (χ0v) is 29.5. The number of fused-ring (bicyclic) bond motifs is 7. The highest BCUT2D eigenvalue weighted by molar-refractivity contribution is 6.22. The Morgan fingerprint density at radius 1 is 0.278 bits per heavy atom. The van der Waals surface area contributed by atoms with Crippen LogP contribution in [0.25, 0.3) is 99.0 Å². The molecule has 0 aliphatic rings. The third kappa shape index (κ3) is 4.67. The summed E-state index contributed by atoms with van der Waals surface area (Å²) in [6, 6.07) is 72.9. The lowest BCUT2D eigenvalue weighted by molar-refractivity contribution is 1.13. The first-order chi connectivity index (χ1) is 26.8. The number of hydrogen-bond acceptors (Lipinski definition) is 0. The van der Waals surface area contributed by atoms with Crippen LogP contribution in [0.3, 0.4) is 0 Å². The van der Waals surface area contributed by atoms with Crippen molar-refractivity contribution in [2.24, 2.45) is 0 Å². The summed E-state index contributed by atoms with van der Waals surface area (Å²) in [4.78, 5) is 0. The van der Waals surface area contributed by atoms with Crippen LogP contribution < -0.4 is 0 Å². The van der Waals surface area contributed by atoms with E-state index in [9.17, 15) is 0 Å². The zero-order chi connectivity index (χ0) is 35.6. The summed E-state index contributed by atoms with van der Waals surface area (Å²) in [5.41, 5.74) is 13.3. The topological polar surface area (TPSA) is 9.86 Å². The fourth-order valence-electron chi connectivity index (χ4n) is 8.77. The van der Waals surface area contributed by atoms with Crippen LogP contribution >= 0.6 is 0 Å². The van der Waals surface area contributed by atoms with E-state index in [1.165, 1.54) is 87.6 Å². The largest absolute Gasteiger partial charge is 0.316 e. The molecule has 0 saturated heterocycles. The van der Waals surface area contributed by atoms with Crippen molar-refractivity contribution in [3.8, 4) is 44.8 Å². The molecule has 0 aliphatic heterocycles. The second-order valence-electron chi connectivity index (χ2n) is 14.1. The number of benzene rings is 9. The zero-order valence-electron chi connectivity index (χ0n) is 29.5. The van der Waals surface area contributed by atoms with Crippen LogP contribution in [0.4, 0.5) is 0 Å². The second-order valence-corrected chi connectivity index (χ2v) is 14.1. The quantitative estimate of drug-likeness (QED) is 0.160. The molecule has 0 saturated carbocycles. The van der Waals surface area contributed by atoms with Crippen LogP contribution in [0.15, 0.2) is 206 Å². The summed E-state index contributed by atoms with van der Waals surface area (Å²) in [6.07, 6.45) is 2.21. The highest BCUT2D eigenvalue weighted by Crippen LogP contribution is 2.45. The third-order valence-electron chi connectivity index (χ3n) is 11.1. The fourth-order valence-corrected chi connectivity index (χ4v) is 8.77. The van der Waals surface area contributed by atoms with Crippen molar-refractivity contribution < 1.29 is 0 Å². The smallest absolute Gasteiger partial charge is 0.0635 e. The van der Waals surface area contributed by atoms with Gasteiger partial charge in [-0.3, -0.25) is 0 Å². The predicted molar refractivity (Wildman–Crippen MR) is 229 cm³/mol. The molecule has 0 N–H and O–H groups in total.